The maximum absolute atomic E-state index is 13.1. The number of halogens is 1. The fraction of sp³-hybridized carbons (Fsp3) is 0.562. The van der Waals surface area contributed by atoms with Gasteiger partial charge in [0.2, 0.25) is 0 Å². The number of benzene rings is 1. The van der Waals surface area contributed by atoms with Gasteiger partial charge >= 0.3 is 0 Å². The number of hydrogen-bond acceptors (Lipinski definition) is 1. The van der Waals surface area contributed by atoms with E-state index < -0.39 is 0 Å². The summed E-state index contributed by atoms with van der Waals surface area (Å²) in [7, 11) is 0. The smallest absolute Gasteiger partial charge is 0.251 e. The summed E-state index contributed by atoms with van der Waals surface area (Å²) >= 11 is 0. The van der Waals surface area contributed by atoms with Crippen LogP contribution in [-0.4, -0.2) is 11.9 Å². The maximum Gasteiger partial charge on any atom is 0.251 e. The molecule has 2 saturated carbocycles. The summed E-state index contributed by atoms with van der Waals surface area (Å²) in [5.41, 5.74) is 0.412. The van der Waals surface area contributed by atoms with Gasteiger partial charge in [-0.3, -0.25) is 4.79 Å². The van der Waals surface area contributed by atoms with Crippen LogP contribution in [0.25, 0.3) is 0 Å². The van der Waals surface area contributed by atoms with E-state index in [9.17, 15) is 9.18 Å². The number of carbonyl (C=O) groups is 1. The quantitative estimate of drug-likeness (QED) is 0.888. The van der Waals surface area contributed by atoms with E-state index in [1.807, 2.05) is 0 Å². The standard InChI is InChI=1S/C16H20FNO/c1-10(15-8-11-5-6-12(15)7-11)18-16(19)13-3-2-4-14(17)9-13/h2-4,9-12,15H,5-8H2,1H3,(H,18,19)/t10-,11-,12-,15-/m1/s1. The minimum absolute atomic E-state index is 0.158. The lowest BCUT2D eigenvalue weighted by Gasteiger charge is -2.28. The van der Waals surface area contributed by atoms with Crippen LogP contribution < -0.4 is 5.32 Å². The van der Waals surface area contributed by atoms with Crippen LogP contribution in [0.3, 0.4) is 0 Å². The van der Waals surface area contributed by atoms with Crippen LogP contribution >= 0.6 is 0 Å². The molecule has 0 unspecified atom stereocenters. The van der Waals surface area contributed by atoms with Crippen LogP contribution in [-0.2, 0) is 0 Å². The molecule has 3 heteroatoms. The van der Waals surface area contributed by atoms with Gasteiger partial charge in [0, 0.05) is 11.6 Å². The van der Waals surface area contributed by atoms with Gasteiger partial charge in [-0.15, -0.1) is 0 Å². The number of fused-ring (bicyclic) bond motifs is 2. The Morgan fingerprint density at radius 3 is 2.84 bits per heavy atom. The molecular formula is C16H20FNO. The molecule has 2 bridgehead atoms. The summed E-state index contributed by atoms with van der Waals surface area (Å²) in [6, 6.07) is 6.07. The van der Waals surface area contributed by atoms with E-state index in [0.29, 0.717) is 11.5 Å². The summed E-state index contributed by atoms with van der Waals surface area (Å²) in [6.45, 7) is 2.09. The van der Waals surface area contributed by atoms with Gasteiger partial charge in [0.05, 0.1) is 0 Å². The van der Waals surface area contributed by atoms with Gasteiger partial charge < -0.3 is 5.32 Å². The highest BCUT2D eigenvalue weighted by molar-refractivity contribution is 5.94. The third kappa shape index (κ3) is 2.51. The van der Waals surface area contributed by atoms with E-state index in [1.54, 1.807) is 12.1 Å². The lowest BCUT2D eigenvalue weighted by Crippen LogP contribution is -2.40. The molecule has 0 saturated heterocycles. The maximum atomic E-state index is 13.1. The van der Waals surface area contributed by atoms with Gasteiger partial charge in [0.15, 0.2) is 0 Å². The van der Waals surface area contributed by atoms with Gasteiger partial charge in [-0.05, 0) is 62.1 Å². The molecule has 1 aromatic rings. The highest BCUT2D eigenvalue weighted by Gasteiger charge is 2.42. The molecule has 3 rings (SSSR count). The zero-order chi connectivity index (χ0) is 13.4. The second-order valence-electron chi connectivity index (χ2n) is 6.11. The van der Waals surface area contributed by atoms with Crippen LogP contribution in [0, 0.1) is 23.6 Å². The van der Waals surface area contributed by atoms with Crippen molar-refractivity contribution in [3.63, 3.8) is 0 Å². The molecule has 1 aromatic carbocycles. The van der Waals surface area contributed by atoms with E-state index in [-0.39, 0.29) is 17.8 Å². The number of rotatable bonds is 3. The lowest BCUT2D eigenvalue weighted by molar-refractivity contribution is 0.0915. The molecule has 4 atom stereocenters. The molecule has 0 spiro atoms. The Morgan fingerprint density at radius 2 is 2.21 bits per heavy atom. The van der Waals surface area contributed by atoms with Crippen molar-refractivity contribution in [1.82, 2.24) is 5.32 Å². The fourth-order valence-electron chi connectivity index (χ4n) is 3.93. The van der Waals surface area contributed by atoms with E-state index in [0.717, 1.165) is 11.8 Å². The van der Waals surface area contributed by atoms with Crippen molar-refractivity contribution in [2.75, 3.05) is 0 Å². The van der Waals surface area contributed by atoms with Gasteiger partial charge in [-0.25, -0.2) is 4.39 Å². The third-order valence-corrected chi connectivity index (χ3v) is 4.88. The first kappa shape index (κ1) is 12.6. The largest absolute Gasteiger partial charge is 0.349 e. The van der Waals surface area contributed by atoms with E-state index in [4.69, 9.17) is 0 Å². The van der Waals surface area contributed by atoms with E-state index in [1.165, 1.54) is 37.8 Å². The molecule has 0 radical (unpaired) electrons. The Kier molecular flexibility index (Phi) is 3.29. The second kappa shape index (κ2) is 4.95. The molecule has 2 nitrogen and oxygen atoms in total. The van der Waals surface area contributed by atoms with Gasteiger partial charge in [0.25, 0.3) is 5.91 Å². The predicted octanol–water partition coefficient (Wildman–Crippen LogP) is 3.38. The molecule has 102 valence electrons. The van der Waals surface area contributed by atoms with Crippen LogP contribution in [0.5, 0.6) is 0 Å². The average Bonchev–Trinajstić information content (AvgIpc) is 3.00. The van der Waals surface area contributed by atoms with Crippen LogP contribution in [0.15, 0.2) is 24.3 Å². The topological polar surface area (TPSA) is 29.1 Å². The van der Waals surface area contributed by atoms with Gasteiger partial charge in [-0.1, -0.05) is 12.5 Å². The summed E-state index contributed by atoms with van der Waals surface area (Å²) in [5, 5.41) is 3.04. The van der Waals surface area contributed by atoms with Crippen LogP contribution in [0.2, 0.25) is 0 Å². The Morgan fingerprint density at radius 1 is 1.37 bits per heavy atom. The number of amides is 1. The highest BCUT2D eigenvalue weighted by Crippen LogP contribution is 2.49. The monoisotopic (exact) mass is 261 g/mol. The van der Waals surface area contributed by atoms with Crippen molar-refractivity contribution in [1.29, 1.82) is 0 Å². The Hall–Kier alpha value is -1.38. The zero-order valence-electron chi connectivity index (χ0n) is 11.2. The third-order valence-electron chi connectivity index (χ3n) is 4.88. The van der Waals surface area contributed by atoms with Crippen LogP contribution in [0.4, 0.5) is 4.39 Å². The summed E-state index contributed by atoms with van der Waals surface area (Å²) in [5.74, 6) is 1.75. The molecule has 1 amide bonds. The highest BCUT2D eigenvalue weighted by atomic mass is 19.1. The van der Waals surface area contributed by atoms with Crippen molar-refractivity contribution < 1.29 is 9.18 Å². The summed E-state index contributed by atoms with van der Waals surface area (Å²) in [4.78, 5) is 12.1. The van der Waals surface area contributed by atoms with Crippen molar-refractivity contribution in [2.24, 2.45) is 17.8 Å². The predicted molar refractivity (Wildman–Crippen MR) is 72.3 cm³/mol. The average molecular weight is 261 g/mol. The fourth-order valence-corrected chi connectivity index (χ4v) is 3.93. The number of nitrogens with one attached hydrogen (secondary N) is 1. The van der Waals surface area contributed by atoms with Gasteiger partial charge in [-0.2, -0.15) is 0 Å². The Balaban J connectivity index is 1.63. The first-order chi connectivity index (χ1) is 9.13. The SMILES string of the molecule is C[C@@H](NC(=O)c1cccc(F)c1)[C@H]1C[C@@H]2CC[C@@H]1C2. The van der Waals surface area contributed by atoms with E-state index in [2.05, 4.69) is 12.2 Å². The van der Waals surface area contributed by atoms with Gasteiger partial charge in [0.1, 0.15) is 5.82 Å². The molecule has 19 heavy (non-hydrogen) atoms. The molecule has 2 aliphatic rings. The Bertz CT molecular complexity index is 487. The lowest BCUT2D eigenvalue weighted by atomic mass is 9.84. The molecule has 0 heterocycles. The van der Waals surface area contributed by atoms with Crippen molar-refractivity contribution >= 4 is 5.91 Å². The van der Waals surface area contributed by atoms with Crippen molar-refractivity contribution in [2.45, 2.75) is 38.6 Å². The zero-order valence-corrected chi connectivity index (χ0v) is 11.2. The molecule has 0 aliphatic heterocycles. The Labute approximate surface area is 113 Å². The van der Waals surface area contributed by atoms with Crippen LogP contribution in [0.1, 0.15) is 43.0 Å². The molecule has 2 aliphatic carbocycles. The molecule has 2 fully saturated rings. The normalized spacial score (nSPS) is 30.3. The summed E-state index contributed by atoms with van der Waals surface area (Å²) < 4.78 is 13.1. The van der Waals surface area contributed by atoms with E-state index >= 15 is 0 Å². The molecular weight excluding hydrogens is 241 g/mol. The number of hydrogen-bond donors (Lipinski definition) is 1. The second-order valence-corrected chi connectivity index (χ2v) is 6.11. The van der Waals surface area contributed by atoms with Crippen molar-refractivity contribution in [3.8, 4) is 0 Å². The first-order valence-corrected chi connectivity index (χ1v) is 7.20. The summed E-state index contributed by atoms with van der Waals surface area (Å²) in [6.07, 6.45) is 5.27. The minimum Gasteiger partial charge on any atom is -0.349 e. The first-order valence-electron chi connectivity index (χ1n) is 7.20. The number of carbonyl (C=O) groups excluding carboxylic acids is 1. The minimum atomic E-state index is -0.361. The molecule has 1 N–H and O–H groups in total. The molecule has 0 aromatic heterocycles. The van der Waals surface area contributed by atoms with Crippen molar-refractivity contribution in [3.05, 3.63) is 35.6 Å².